The molecule has 0 radical (unpaired) electrons. The van der Waals surface area contributed by atoms with E-state index in [9.17, 15) is 13.2 Å². The lowest BCUT2D eigenvalue weighted by Crippen LogP contribution is -2.66. The van der Waals surface area contributed by atoms with Crippen molar-refractivity contribution in [2.75, 3.05) is 31.2 Å². The summed E-state index contributed by atoms with van der Waals surface area (Å²) < 4.78 is 43.4. The Balaban J connectivity index is 0.000000339. The number of carboxylic acids is 1. The number of alkyl halides is 3. The van der Waals surface area contributed by atoms with Crippen LogP contribution in [0, 0.1) is 5.92 Å². The van der Waals surface area contributed by atoms with E-state index in [0.29, 0.717) is 18.5 Å². The van der Waals surface area contributed by atoms with E-state index >= 15 is 0 Å². The first kappa shape index (κ1) is 22.7. The van der Waals surface area contributed by atoms with Crippen LogP contribution in [0.25, 0.3) is 0 Å². The van der Waals surface area contributed by atoms with Gasteiger partial charge in [-0.3, -0.25) is 0 Å². The number of aromatic nitrogens is 4. The van der Waals surface area contributed by atoms with Crippen LogP contribution >= 0.6 is 0 Å². The molecule has 4 heterocycles. The van der Waals surface area contributed by atoms with Gasteiger partial charge in [-0.25, -0.2) is 24.7 Å². The molecule has 0 aliphatic carbocycles. The van der Waals surface area contributed by atoms with Crippen LogP contribution < -0.4 is 9.64 Å². The van der Waals surface area contributed by atoms with Gasteiger partial charge in [0.1, 0.15) is 5.60 Å². The maximum atomic E-state index is 10.6. The minimum Gasteiger partial charge on any atom is -0.475 e. The number of rotatable bonds is 5. The van der Waals surface area contributed by atoms with Crippen molar-refractivity contribution in [3.8, 4) is 6.01 Å². The highest BCUT2D eigenvalue weighted by atomic mass is 19.4. The average Bonchev–Trinajstić information content (AvgIpc) is 2.73. The number of nitrogens with zero attached hydrogens (tertiary/aromatic N) is 5. The fourth-order valence-corrected chi connectivity index (χ4v) is 3.52. The third kappa shape index (κ3) is 6.48. The third-order valence-corrected chi connectivity index (χ3v) is 4.93. The predicted octanol–water partition coefficient (Wildman–Crippen LogP) is 2.35. The molecule has 2 aliphatic rings. The number of anilines is 1. The van der Waals surface area contributed by atoms with Crippen LogP contribution in [0.5, 0.6) is 6.01 Å². The molecule has 1 spiro atoms. The van der Waals surface area contributed by atoms with Crippen molar-refractivity contribution in [2.45, 2.75) is 31.0 Å². The lowest BCUT2D eigenvalue weighted by molar-refractivity contribution is -0.192. The van der Waals surface area contributed by atoms with Crippen LogP contribution in [0.1, 0.15) is 19.3 Å². The number of halogens is 3. The largest absolute Gasteiger partial charge is 0.490 e. The summed E-state index contributed by atoms with van der Waals surface area (Å²) in [5.41, 5.74) is -0.0363. The lowest BCUT2D eigenvalue weighted by atomic mass is 9.79. The van der Waals surface area contributed by atoms with Gasteiger partial charge in [0, 0.05) is 31.4 Å². The van der Waals surface area contributed by atoms with Gasteiger partial charge in [-0.05, 0) is 37.3 Å². The smallest absolute Gasteiger partial charge is 0.475 e. The highest BCUT2D eigenvalue weighted by Gasteiger charge is 2.48. The van der Waals surface area contributed by atoms with Gasteiger partial charge in [0.2, 0.25) is 5.95 Å². The molecule has 168 valence electrons. The number of hydrogen-bond donors (Lipinski definition) is 1. The molecule has 2 aromatic rings. The summed E-state index contributed by atoms with van der Waals surface area (Å²) in [6, 6.07) is 4.08. The van der Waals surface area contributed by atoms with Gasteiger partial charge in [-0.2, -0.15) is 13.2 Å². The zero-order chi connectivity index (χ0) is 22.3. The van der Waals surface area contributed by atoms with E-state index in [-0.39, 0.29) is 5.60 Å². The zero-order valence-corrected chi connectivity index (χ0v) is 16.5. The fraction of sp³-hybridized carbons (Fsp3) is 0.526. The first-order valence-electron chi connectivity index (χ1n) is 9.63. The molecule has 2 aliphatic heterocycles. The molecule has 4 rings (SSSR count). The molecule has 2 aromatic heterocycles. The molecule has 1 atom stereocenters. The van der Waals surface area contributed by atoms with E-state index in [1.165, 1.54) is 0 Å². The van der Waals surface area contributed by atoms with Crippen molar-refractivity contribution >= 4 is 11.9 Å². The van der Waals surface area contributed by atoms with Crippen LogP contribution in [0.4, 0.5) is 19.1 Å². The fourth-order valence-electron chi connectivity index (χ4n) is 3.52. The SMILES string of the molecule is O=C(O)C(F)(F)F.c1cnc(OCCC2CCOC3(C2)CN(c2ncccn2)C3)nc1. The Kier molecular flexibility index (Phi) is 7.21. The van der Waals surface area contributed by atoms with Crippen molar-refractivity contribution in [1.29, 1.82) is 0 Å². The minimum absolute atomic E-state index is 0.0363. The van der Waals surface area contributed by atoms with E-state index in [4.69, 9.17) is 19.4 Å². The van der Waals surface area contributed by atoms with Crippen molar-refractivity contribution < 1.29 is 32.5 Å². The molecule has 1 N–H and O–H groups in total. The molecule has 1 unspecified atom stereocenters. The van der Waals surface area contributed by atoms with Gasteiger partial charge in [-0.1, -0.05) is 0 Å². The van der Waals surface area contributed by atoms with Crippen LogP contribution in [0.3, 0.4) is 0 Å². The first-order valence-corrected chi connectivity index (χ1v) is 9.63. The quantitative estimate of drug-likeness (QED) is 0.747. The number of aliphatic carboxylic acids is 1. The van der Waals surface area contributed by atoms with Crippen molar-refractivity contribution in [1.82, 2.24) is 19.9 Å². The van der Waals surface area contributed by atoms with Crippen LogP contribution in [-0.4, -0.2) is 69.1 Å². The highest BCUT2D eigenvalue weighted by molar-refractivity contribution is 5.73. The predicted molar refractivity (Wildman–Crippen MR) is 101 cm³/mol. The van der Waals surface area contributed by atoms with E-state index in [0.717, 1.165) is 44.9 Å². The number of ether oxygens (including phenoxy) is 2. The number of carboxylic acid groups (broad SMARTS) is 1. The second-order valence-electron chi connectivity index (χ2n) is 7.27. The van der Waals surface area contributed by atoms with Crippen molar-refractivity contribution in [3.63, 3.8) is 0 Å². The average molecular weight is 441 g/mol. The molecule has 31 heavy (non-hydrogen) atoms. The van der Waals surface area contributed by atoms with Gasteiger partial charge < -0.3 is 19.5 Å². The van der Waals surface area contributed by atoms with Crippen LogP contribution in [-0.2, 0) is 9.53 Å². The van der Waals surface area contributed by atoms with Gasteiger partial charge in [0.05, 0.1) is 19.7 Å². The van der Waals surface area contributed by atoms with E-state index in [1.54, 1.807) is 30.9 Å². The Morgan fingerprint density at radius 1 is 1.16 bits per heavy atom. The van der Waals surface area contributed by atoms with Crippen LogP contribution in [0.15, 0.2) is 36.9 Å². The zero-order valence-electron chi connectivity index (χ0n) is 16.5. The number of hydrogen-bond acceptors (Lipinski definition) is 8. The summed E-state index contributed by atoms with van der Waals surface area (Å²) in [6.45, 7) is 3.21. The monoisotopic (exact) mass is 441 g/mol. The summed E-state index contributed by atoms with van der Waals surface area (Å²) in [6.07, 6.45) is 5.02. The van der Waals surface area contributed by atoms with Crippen molar-refractivity contribution in [2.24, 2.45) is 5.92 Å². The summed E-state index contributed by atoms with van der Waals surface area (Å²) in [5.74, 6) is -1.35. The van der Waals surface area contributed by atoms with E-state index in [1.807, 2.05) is 6.07 Å². The molecule has 2 saturated heterocycles. The van der Waals surface area contributed by atoms with Gasteiger partial charge >= 0.3 is 18.2 Å². The molecule has 2 fully saturated rings. The summed E-state index contributed by atoms with van der Waals surface area (Å²) in [5, 5.41) is 7.12. The maximum absolute atomic E-state index is 10.6. The Morgan fingerprint density at radius 2 is 1.74 bits per heavy atom. The normalized spacial score (nSPS) is 19.7. The highest BCUT2D eigenvalue weighted by Crippen LogP contribution is 2.39. The van der Waals surface area contributed by atoms with Gasteiger partial charge in [-0.15, -0.1) is 0 Å². The van der Waals surface area contributed by atoms with Crippen molar-refractivity contribution in [3.05, 3.63) is 36.9 Å². The summed E-state index contributed by atoms with van der Waals surface area (Å²) in [4.78, 5) is 27.9. The van der Waals surface area contributed by atoms with E-state index in [2.05, 4.69) is 24.8 Å². The molecule has 0 bridgehead atoms. The Labute approximate surface area is 176 Å². The standard InChI is InChI=1S/C17H21N5O2.C2HF3O2/c1-5-18-15(19-6-1)22-12-17(13-22)11-14(4-10-24-17)3-9-23-16-20-7-2-8-21-16;3-2(4,5)1(6)7/h1-2,5-8,14H,3-4,9-13H2;(H,6,7). The summed E-state index contributed by atoms with van der Waals surface area (Å²) >= 11 is 0. The Hall–Kier alpha value is -3.02. The number of carbonyl (C=O) groups is 1. The first-order chi connectivity index (χ1) is 14.8. The molecular formula is C19H22F3N5O4. The van der Waals surface area contributed by atoms with Gasteiger partial charge in [0.15, 0.2) is 0 Å². The molecule has 12 heteroatoms. The minimum atomic E-state index is -5.08. The third-order valence-electron chi connectivity index (χ3n) is 4.93. The second kappa shape index (κ2) is 9.86. The lowest BCUT2D eigenvalue weighted by Gasteiger charge is -2.53. The molecule has 0 amide bonds. The summed E-state index contributed by atoms with van der Waals surface area (Å²) in [7, 11) is 0. The van der Waals surface area contributed by atoms with Gasteiger partial charge in [0.25, 0.3) is 0 Å². The molecule has 0 aromatic carbocycles. The molecule has 9 nitrogen and oxygen atoms in total. The molecule has 0 saturated carbocycles. The molecular weight excluding hydrogens is 419 g/mol. The Bertz CT molecular complexity index is 835. The Morgan fingerprint density at radius 3 is 2.32 bits per heavy atom. The topological polar surface area (TPSA) is 111 Å². The maximum Gasteiger partial charge on any atom is 0.490 e. The second-order valence-corrected chi connectivity index (χ2v) is 7.27. The van der Waals surface area contributed by atoms with E-state index < -0.39 is 12.1 Å². The van der Waals surface area contributed by atoms with Crippen LogP contribution in [0.2, 0.25) is 0 Å².